The first kappa shape index (κ1) is 16.4. The van der Waals surface area contributed by atoms with Gasteiger partial charge in [0.1, 0.15) is 17.6 Å². The molecule has 0 atom stereocenters. The van der Waals surface area contributed by atoms with Gasteiger partial charge in [-0.3, -0.25) is 3.97 Å². The second-order valence-electron chi connectivity index (χ2n) is 4.53. The van der Waals surface area contributed by atoms with Crippen LogP contribution in [0.25, 0.3) is 10.9 Å². The van der Waals surface area contributed by atoms with Gasteiger partial charge in [0.15, 0.2) is 11.6 Å². The van der Waals surface area contributed by atoms with Gasteiger partial charge in [-0.25, -0.2) is 8.78 Å². The van der Waals surface area contributed by atoms with Crippen molar-refractivity contribution in [3.8, 4) is 17.6 Å². The number of halogens is 3. The van der Waals surface area contributed by atoms with Crippen molar-refractivity contribution in [3.63, 3.8) is 0 Å². The van der Waals surface area contributed by atoms with E-state index in [1.54, 1.807) is 22.3 Å². The SMILES string of the molecule is N#Cc1cc(Oc2c(F)cc3c(ccn3SI)c2S)ccc1F. The summed E-state index contributed by atoms with van der Waals surface area (Å²) in [5, 5.41) is 9.58. The third-order valence-electron chi connectivity index (χ3n) is 3.19. The van der Waals surface area contributed by atoms with E-state index in [-0.39, 0.29) is 17.1 Å². The lowest BCUT2D eigenvalue weighted by atomic mass is 10.2. The number of nitrogens with zero attached hydrogens (tertiary/aromatic N) is 2. The fourth-order valence-electron chi connectivity index (χ4n) is 2.12. The summed E-state index contributed by atoms with van der Waals surface area (Å²) in [6.45, 7) is 0. The molecule has 8 heteroatoms. The molecule has 1 aromatic heterocycles. The fraction of sp³-hybridized carbons (Fsp3) is 0. The molecule has 0 radical (unpaired) electrons. The minimum atomic E-state index is -0.655. The maximum Gasteiger partial charge on any atom is 0.177 e. The molecule has 0 aliphatic heterocycles. The summed E-state index contributed by atoms with van der Waals surface area (Å²) < 4.78 is 35.0. The lowest BCUT2D eigenvalue weighted by molar-refractivity contribution is 0.431. The molecular formula is C15H7F2IN2OS2. The Morgan fingerprint density at radius 2 is 2.00 bits per heavy atom. The van der Waals surface area contributed by atoms with E-state index in [1.807, 2.05) is 0 Å². The topological polar surface area (TPSA) is 37.9 Å². The Kier molecular flexibility index (Phi) is 4.70. The Bertz CT molecular complexity index is 953. The Balaban J connectivity index is 2.09. The predicted molar refractivity (Wildman–Crippen MR) is 97.3 cm³/mol. The van der Waals surface area contributed by atoms with Crippen LogP contribution in [-0.4, -0.2) is 3.97 Å². The average molecular weight is 460 g/mol. The molecule has 0 saturated carbocycles. The van der Waals surface area contributed by atoms with Gasteiger partial charge >= 0.3 is 0 Å². The number of hydrogen-bond donors (Lipinski definition) is 1. The van der Waals surface area contributed by atoms with Crippen molar-refractivity contribution in [3.05, 3.63) is 53.7 Å². The van der Waals surface area contributed by atoms with Gasteiger partial charge in [-0.15, -0.1) is 12.6 Å². The van der Waals surface area contributed by atoms with Crippen molar-refractivity contribution in [1.82, 2.24) is 3.97 Å². The number of rotatable bonds is 3. The van der Waals surface area contributed by atoms with Crippen LogP contribution in [0.5, 0.6) is 11.5 Å². The summed E-state index contributed by atoms with van der Waals surface area (Å²) in [5.74, 6) is -1.14. The predicted octanol–water partition coefficient (Wildman–Crippen LogP) is 5.72. The van der Waals surface area contributed by atoms with Gasteiger partial charge in [-0.05, 0) is 18.2 Å². The number of benzene rings is 2. The highest BCUT2D eigenvalue weighted by molar-refractivity contribution is 14.2. The van der Waals surface area contributed by atoms with Crippen LogP contribution in [0.1, 0.15) is 5.56 Å². The minimum absolute atomic E-state index is 0.0625. The molecule has 0 N–H and O–H groups in total. The van der Waals surface area contributed by atoms with Crippen molar-refractivity contribution in [1.29, 1.82) is 5.26 Å². The van der Waals surface area contributed by atoms with E-state index in [0.29, 0.717) is 10.4 Å². The van der Waals surface area contributed by atoms with E-state index < -0.39 is 11.6 Å². The molecule has 2 aromatic carbocycles. The summed E-state index contributed by atoms with van der Waals surface area (Å²) in [6.07, 6.45) is 1.80. The van der Waals surface area contributed by atoms with Crippen LogP contribution < -0.4 is 4.74 Å². The Hall–Kier alpha value is -1.44. The molecule has 1 heterocycles. The lowest BCUT2D eigenvalue weighted by Crippen LogP contribution is -1.93. The van der Waals surface area contributed by atoms with Crippen LogP contribution in [0, 0.1) is 23.0 Å². The first-order valence-electron chi connectivity index (χ1n) is 6.24. The summed E-state index contributed by atoms with van der Waals surface area (Å²) in [7, 11) is 1.41. The van der Waals surface area contributed by atoms with Crippen molar-refractivity contribution >= 4 is 53.9 Å². The highest BCUT2D eigenvalue weighted by Gasteiger charge is 2.17. The monoisotopic (exact) mass is 460 g/mol. The molecule has 0 aliphatic carbocycles. The molecule has 3 nitrogen and oxygen atoms in total. The van der Waals surface area contributed by atoms with E-state index in [2.05, 4.69) is 33.8 Å². The first-order valence-corrected chi connectivity index (χ1v) is 10.0. The summed E-state index contributed by atoms with van der Waals surface area (Å²) in [4.78, 5) is 0.340. The third kappa shape index (κ3) is 3.00. The normalized spacial score (nSPS) is 10.7. The van der Waals surface area contributed by atoms with Crippen molar-refractivity contribution in [2.75, 3.05) is 0 Å². The van der Waals surface area contributed by atoms with Crippen LogP contribution in [-0.2, 0) is 0 Å². The molecule has 0 fully saturated rings. The van der Waals surface area contributed by atoms with Gasteiger partial charge in [0.05, 0.1) is 16.0 Å². The lowest BCUT2D eigenvalue weighted by Gasteiger charge is -2.11. The Labute approximate surface area is 152 Å². The smallest absolute Gasteiger partial charge is 0.177 e. The maximum absolute atomic E-state index is 14.4. The van der Waals surface area contributed by atoms with E-state index in [1.165, 1.54) is 27.3 Å². The van der Waals surface area contributed by atoms with Crippen LogP contribution in [0.15, 0.2) is 41.4 Å². The molecule has 23 heavy (non-hydrogen) atoms. The van der Waals surface area contributed by atoms with Crippen molar-refractivity contribution in [2.45, 2.75) is 4.90 Å². The van der Waals surface area contributed by atoms with Crippen LogP contribution in [0.2, 0.25) is 0 Å². The van der Waals surface area contributed by atoms with Crippen LogP contribution in [0.3, 0.4) is 0 Å². The van der Waals surface area contributed by atoms with Gasteiger partial charge in [-0.2, -0.15) is 5.26 Å². The molecule has 0 spiro atoms. The standard InChI is InChI=1S/C15H7F2IN2OS2/c16-11-2-1-9(5-8(11)7-19)21-14-12(17)6-13-10(15(14)22)3-4-20(13)23-18/h1-6,22H. The molecule has 3 aromatic rings. The maximum atomic E-state index is 14.4. The first-order chi connectivity index (χ1) is 11.0. The number of nitriles is 1. The van der Waals surface area contributed by atoms with Gasteiger partial charge in [0.2, 0.25) is 0 Å². The highest BCUT2D eigenvalue weighted by atomic mass is 127. The average Bonchev–Trinajstić information content (AvgIpc) is 2.95. The van der Waals surface area contributed by atoms with E-state index in [4.69, 9.17) is 10.00 Å². The molecule has 0 bridgehead atoms. The molecule has 3 rings (SSSR count). The Morgan fingerprint density at radius 1 is 1.22 bits per heavy atom. The zero-order valence-corrected chi connectivity index (χ0v) is 15.1. The van der Waals surface area contributed by atoms with Gasteiger partial charge in [-0.1, -0.05) is 0 Å². The van der Waals surface area contributed by atoms with Crippen molar-refractivity contribution < 1.29 is 13.5 Å². The van der Waals surface area contributed by atoms with Crippen molar-refractivity contribution in [2.24, 2.45) is 0 Å². The largest absolute Gasteiger partial charge is 0.453 e. The molecule has 116 valence electrons. The summed E-state index contributed by atoms with van der Waals surface area (Å²) in [5.41, 5.74) is 0.508. The van der Waals surface area contributed by atoms with Gasteiger partial charge in [0.25, 0.3) is 0 Å². The van der Waals surface area contributed by atoms with E-state index >= 15 is 0 Å². The minimum Gasteiger partial charge on any atom is -0.453 e. The second-order valence-corrected chi connectivity index (χ2v) is 6.70. The van der Waals surface area contributed by atoms with E-state index in [0.717, 1.165) is 11.5 Å². The molecular weight excluding hydrogens is 453 g/mol. The summed E-state index contributed by atoms with van der Waals surface area (Å²) >= 11 is 6.45. The summed E-state index contributed by atoms with van der Waals surface area (Å²) in [6, 6.07) is 8.53. The Morgan fingerprint density at radius 3 is 2.70 bits per heavy atom. The number of fused-ring (bicyclic) bond motifs is 1. The number of hydrogen-bond acceptors (Lipinski definition) is 4. The molecule has 0 unspecified atom stereocenters. The molecule has 0 amide bonds. The zero-order valence-electron chi connectivity index (χ0n) is 11.3. The second kappa shape index (κ2) is 6.59. The number of ether oxygens (including phenoxy) is 1. The van der Waals surface area contributed by atoms with Gasteiger partial charge < -0.3 is 4.74 Å². The van der Waals surface area contributed by atoms with Crippen LogP contribution in [0.4, 0.5) is 8.78 Å². The van der Waals surface area contributed by atoms with Gasteiger partial charge in [0, 0.05) is 54.0 Å². The van der Waals surface area contributed by atoms with E-state index in [9.17, 15) is 8.78 Å². The molecule has 0 saturated heterocycles. The number of thiol groups is 1. The van der Waals surface area contributed by atoms with Crippen LogP contribution >= 0.6 is 43.0 Å². The molecule has 0 aliphatic rings. The highest BCUT2D eigenvalue weighted by Crippen LogP contribution is 2.39. The third-order valence-corrected chi connectivity index (χ3v) is 5.38. The fourth-order valence-corrected chi connectivity index (χ4v) is 3.82. The zero-order chi connectivity index (χ0) is 16.6. The number of aromatic nitrogens is 1. The quantitative estimate of drug-likeness (QED) is 0.402.